The maximum absolute atomic E-state index is 12.3. The molecule has 0 saturated carbocycles. The first-order valence-electron chi connectivity index (χ1n) is 6.15. The molecule has 0 atom stereocenters. The summed E-state index contributed by atoms with van der Waals surface area (Å²) in [5.41, 5.74) is 2.61. The second kappa shape index (κ2) is 5.06. The number of thioether (sulfide) groups is 1. The predicted octanol–water partition coefficient (Wildman–Crippen LogP) is 2.18. The SMILES string of the molecule is O=C(C1=CSCCO1)N1CCc2ccccc2C1. The van der Waals surface area contributed by atoms with Crippen LogP contribution in [0.2, 0.25) is 0 Å². The zero-order valence-electron chi connectivity index (χ0n) is 10.1. The minimum Gasteiger partial charge on any atom is -0.487 e. The van der Waals surface area contributed by atoms with Crippen LogP contribution in [0.4, 0.5) is 0 Å². The number of carbonyl (C=O) groups excluding carboxylic acids is 1. The van der Waals surface area contributed by atoms with E-state index in [4.69, 9.17) is 4.74 Å². The number of benzene rings is 1. The zero-order chi connectivity index (χ0) is 12.4. The molecule has 2 heterocycles. The van der Waals surface area contributed by atoms with E-state index in [2.05, 4.69) is 18.2 Å². The topological polar surface area (TPSA) is 29.5 Å². The van der Waals surface area contributed by atoms with Gasteiger partial charge >= 0.3 is 0 Å². The van der Waals surface area contributed by atoms with Crippen molar-refractivity contribution in [1.82, 2.24) is 4.90 Å². The van der Waals surface area contributed by atoms with Gasteiger partial charge in [0.05, 0.1) is 6.61 Å². The minimum absolute atomic E-state index is 0.0247. The molecule has 1 aromatic carbocycles. The van der Waals surface area contributed by atoms with E-state index < -0.39 is 0 Å². The zero-order valence-corrected chi connectivity index (χ0v) is 10.9. The molecular formula is C14H15NO2S. The highest BCUT2D eigenvalue weighted by atomic mass is 32.2. The molecule has 1 amide bonds. The summed E-state index contributed by atoms with van der Waals surface area (Å²) in [5.74, 6) is 1.46. The third-order valence-electron chi connectivity index (χ3n) is 3.28. The van der Waals surface area contributed by atoms with Crippen molar-refractivity contribution < 1.29 is 9.53 Å². The Bertz CT molecular complexity index is 498. The molecule has 18 heavy (non-hydrogen) atoms. The summed E-state index contributed by atoms with van der Waals surface area (Å²) >= 11 is 1.65. The lowest BCUT2D eigenvalue weighted by atomic mass is 10.00. The number of ether oxygens (including phenoxy) is 1. The van der Waals surface area contributed by atoms with Gasteiger partial charge in [0.2, 0.25) is 0 Å². The second-order valence-electron chi connectivity index (χ2n) is 4.45. The van der Waals surface area contributed by atoms with Crippen LogP contribution in [-0.4, -0.2) is 29.7 Å². The van der Waals surface area contributed by atoms with Crippen LogP contribution in [-0.2, 0) is 22.5 Å². The maximum atomic E-state index is 12.3. The Kier molecular flexibility index (Phi) is 3.28. The van der Waals surface area contributed by atoms with Gasteiger partial charge in [-0.15, -0.1) is 11.8 Å². The molecule has 0 radical (unpaired) electrons. The molecule has 0 unspecified atom stereocenters. The van der Waals surface area contributed by atoms with Crippen LogP contribution in [0.15, 0.2) is 35.4 Å². The fourth-order valence-electron chi connectivity index (χ4n) is 2.31. The number of nitrogens with zero attached hydrogens (tertiary/aromatic N) is 1. The molecule has 0 fully saturated rings. The van der Waals surface area contributed by atoms with Gasteiger partial charge in [-0.25, -0.2) is 0 Å². The quantitative estimate of drug-likeness (QED) is 0.776. The Morgan fingerprint density at radius 3 is 2.89 bits per heavy atom. The average molecular weight is 261 g/mol. The Labute approximate surface area is 111 Å². The lowest BCUT2D eigenvalue weighted by molar-refractivity contribution is -0.131. The van der Waals surface area contributed by atoms with Gasteiger partial charge in [-0.2, -0.15) is 0 Å². The highest BCUT2D eigenvalue weighted by Gasteiger charge is 2.24. The van der Waals surface area contributed by atoms with Crippen LogP contribution in [0.1, 0.15) is 11.1 Å². The van der Waals surface area contributed by atoms with Crippen LogP contribution < -0.4 is 0 Å². The van der Waals surface area contributed by atoms with Crippen molar-refractivity contribution >= 4 is 17.7 Å². The molecule has 94 valence electrons. The summed E-state index contributed by atoms with van der Waals surface area (Å²) in [6, 6.07) is 8.32. The summed E-state index contributed by atoms with van der Waals surface area (Å²) in [6.07, 6.45) is 0.933. The van der Waals surface area contributed by atoms with Gasteiger partial charge in [0.1, 0.15) is 0 Å². The van der Waals surface area contributed by atoms with Gasteiger partial charge in [-0.1, -0.05) is 24.3 Å². The largest absolute Gasteiger partial charge is 0.487 e. The smallest absolute Gasteiger partial charge is 0.289 e. The number of hydrogen-bond donors (Lipinski definition) is 0. The summed E-state index contributed by atoms with van der Waals surface area (Å²) in [6.45, 7) is 2.11. The van der Waals surface area contributed by atoms with E-state index in [0.717, 1.165) is 18.7 Å². The molecule has 0 bridgehead atoms. The first-order valence-corrected chi connectivity index (χ1v) is 7.20. The molecular weight excluding hydrogens is 246 g/mol. The van der Waals surface area contributed by atoms with E-state index in [9.17, 15) is 4.79 Å². The summed E-state index contributed by atoms with van der Waals surface area (Å²) in [7, 11) is 0. The number of carbonyl (C=O) groups is 1. The van der Waals surface area contributed by atoms with Crippen molar-refractivity contribution in [3.05, 3.63) is 46.6 Å². The van der Waals surface area contributed by atoms with Crippen molar-refractivity contribution in [1.29, 1.82) is 0 Å². The minimum atomic E-state index is 0.0247. The Hall–Kier alpha value is -1.42. The first kappa shape index (κ1) is 11.7. The Morgan fingerprint density at radius 1 is 1.28 bits per heavy atom. The van der Waals surface area contributed by atoms with Crippen molar-refractivity contribution in [2.45, 2.75) is 13.0 Å². The van der Waals surface area contributed by atoms with E-state index in [0.29, 0.717) is 18.9 Å². The van der Waals surface area contributed by atoms with Crippen molar-refractivity contribution in [3.8, 4) is 0 Å². The first-order chi connectivity index (χ1) is 8.84. The van der Waals surface area contributed by atoms with E-state index in [1.807, 2.05) is 16.4 Å². The molecule has 3 nitrogen and oxygen atoms in total. The van der Waals surface area contributed by atoms with Crippen molar-refractivity contribution in [2.24, 2.45) is 0 Å². The molecule has 0 aromatic heterocycles. The van der Waals surface area contributed by atoms with Crippen LogP contribution in [0, 0.1) is 0 Å². The number of hydrogen-bond acceptors (Lipinski definition) is 3. The van der Waals surface area contributed by atoms with Crippen LogP contribution in [0.5, 0.6) is 0 Å². The summed E-state index contributed by atoms with van der Waals surface area (Å²) < 4.78 is 5.43. The van der Waals surface area contributed by atoms with Crippen LogP contribution in [0.3, 0.4) is 0 Å². The molecule has 0 N–H and O–H groups in total. The van der Waals surface area contributed by atoms with Gasteiger partial charge < -0.3 is 9.64 Å². The van der Waals surface area contributed by atoms with Gasteiger partial charge in [0, 0.05) is 24.3 Å². The molecule has 0 aliphatic carbocycles. The number of fused-ring (bicyclic) bond motifs is 1. The molecule has 4 heteroatoms. The number of rotatable bonds is 1. The highest BCUT2D eigenvalue weighted by Crippen LogP contribution is 2.22. The molecule has 2 aliphatic rings. The third-order valence-corrected chi connectivity index (χ3v) is 4.06. The van der Waals surface area contributed by atoms with Crippen LogP contribution in [0.25, 0.3) is 0 Å². The lowest BCUT2D eigenvalue weighted by Gasteiger charge is -2.30. The Morgan fingerprint density at radius 2 is 2.11 bits per heavy atom. The number of amides is 1. The van der Waals surface area contributed by atoms with Gasteiger partial charge in [0.25, 0.3) is 5.91 Å². The van der Waals surface area contributed by atoms with Gasteiger partial charge in [-0.3, -0.25) is 4.79 Å². The normalized spacial score (nSPS) is 18.7. The third kappa shape index (κ3) is 2.25. The summed E-state index contributed by atoms with van der Waals surface area (Å²) in [4.78, 5) is 14.2. The fraction of sp³-hybridized carbons (Fsp3) is 0.357. The standard InChI is InChI=1S/C14H15NO2S/c16-14(13-10-18-8-7-17-13)15-6-5-11-3-1-2-4-12(11)9-15/h1-4,10H,5-9H2. The molecule has 1 aromatic rings. The predicted molar refractivity (Wildman–Crippen MR) is 72.1 cm³/mol. The van der Waals surface area contributed by atoms with E-state index >= 15 is 0 Å². The van der Waals surface area contributed by atoms with Gasteiger partial charge in [0.15, 0.2) is 5.76 Å². The maximum Gasteiger partial charge on any atom is 0.289 e. The highest BCUT2D eigenvalue weighted by molar-refractivity contribution is 8.02. The van der Waals surface area contributed by atoms with Crippen LogP contribution >= 0.6 is 11.8 Å². The van der Waals surface area contributed by atoms with E-state index in [-0.39, 0.29) is 5.91 Å². The monoisotopic (exact) mass is 261 g/mol. The van der Waals surface area contributed by atoms with Gasteiger partial charge in [-0.05, 0) is 17.5 Å². The second-order valence-corrected chi connectivity index (χ2v) is 5.42. The molecule has 0 spiro atoms. The van der Waals surface area contributed by atoms with E-state index in [1.165, 1.54) is 11.1 Å². The van der Waals surface area contributed by atoms with Crippen molar-refractivity contribution in [3.63, 3.8) is 0 Å². The molecule has 0 saturated heterocycles. The average Bonchev–Trinajstić information content (AvgIpc) is 2.47. The Balaban J connectivity index is 1.75. The van der Waals surface area contributed by atoms with Crippen molar-refractivity contribution in [2.75, 3.05) is 18.9 Å². The lowest BCUT2D eigenvalue weighted by Crippen LogP contribution is -2.37. The summed E-state index contributed by atoms with van der Waals surface area (Å²) in [5, 5.41) is 1.84. The fourth-order valence-corrected chi connectivity index (χ4v) is 2.92. The van der Waals surface area contributed by atoms with E-state index in [1.54, 1.807) is 11.8 Å². The molecule has 2 aliphatic heterocycles. The molecule has 3 rings (SSSR count).